The smallest absolute Gasteiger partial charge is 0.210 e. The lowest BCUT2D eigenvalue weighted by Gasteiger charge is -2.15. The molecule has 4 N–H and O–H groups in total. The Balaban J connectivity index is 2.75. The molecule has 0 saturated heterocycles. The fourth-order valence-electron chi connectivity index (χ4n) is 2.02. The molecule has 0 aliphatic rings. The Morgan fingerprint density at radius 1 is 1.26 bits per heavy atom. The van der Waals surface area contributed by atoms with E-state index in [2.05, 4.69) is 48.6 Å². The summed E-state index contributed by atoms with van der Waals surface area (Å²) >= 11 is 0. The standard InChI is InChI=1S/C14H24N4O/c1-10-8-11(2)13(12(3)9-10)17-14(18-15)16-6-5-7-19-4/h8-9H,5-7,15H2,1-4H3,(H2,16,17,18). The van der Waals surface area contributed by atoms with Gasteiger partial charge in [0.15, 0.2) is 0 Å². The van der Waals surface area contributed by atoms with Crippen LogP contribution in [0.5, 0.6) is 0 Å². The molecule has 19 heavy (non-hydrogen) atoms. The summed E-state index contributed by atoms with van der Waals surface area (Å²) in [5.41, 5.74) is 7.25. The second-order valence-corrected chi connectivity index (χ2v) is 4.62. The van der Waals surface area contributed by atoms with Crippen molar-refractivity contribution >= 4 is 11.6 Å². The highest BCUT2D eigenvalue weighted by Crippen LogP contribution is 2.21. The number of hydrogen-bond donors (Lipinski definition) is 3. The van der Waals surface area contributed by atoms with Crippen LogP contribution in [0.2, 0.25) is 0 Å². The summed E-state index contributed by atoms with van der Waals surface area (Å²) in [6.45, 7) is 7.60. The van der Waals surface area contributed by atoms with Crippen LogP contribution >= 0.6 is 0 Å². The Morgan fingerprint density at radius 2 is 1.89 bits per heavy atom. The number of ether oxygens (including phenoxy) is 1. The fourth-order valence-corrected chi connectivity index (χ4v) is 2.02. The van der Waals surface area contributed by atoms with Gasteiger partial charge in [-0.1, -0.05) is 17.7 Å². The third-order valence-electron chi connectivity index (χ3n) is 2.83. The first kappa shape index (κ1) is 15.5. The minimum atomic E-state index is 0.575. The molecular weight excluding hydrogens is 240 g/mol. The molecule has 0 saturated carbocycles. The monoisotopic (exact) mass is 264 g/mol. The van der Waals surface area contributed by atoms with Crippen LogP contribution < -0.4 is 16.6 Å². The van der Waals surface area contributed by atoms with Gasteiger partial charge < -0.3 is 10.1 Å². The van der Waals surface area contributed by atoms with Crippen molar-refractivity contribution < 1.29 is 4.74 Å². The van der Waals surface area contributed by atoms with Crippen molar-refractivity contribution in [3.05, 3.63) is 28.8 Å². The number of hydrazine groups is 1. The molecular formula is C14H24N4O. The minimum absolute atomic E-state index is 0.575. The van der Waals surface area contributed by atoms with E-state index in [0.29, 0.717) is 19.1 Å². The van der Waals surface area contributed by atoms with Gasteiger partial charge in [0.25, 0.3) is 0 Å². The van der Waals surface area contributed by atoms with E-state index in [1.165, 1.54) is 16.7 Å². The number of anilines is 1. The van der Waals surface area contributed by atoms with Crippen molar-refractivity contribution in [3.8, 4) is 0 Å². The Hall–Kier alpha value is -1.59. The molecule has 1 aromatic rings. The third kappa shape index (κ3) is 4.89. The van der Waals surface area contributed by atoms with Gasteiger partial charge in [0.1, 0.15) is 0 Å². The molecule has 0 aliphatic carbocycles. The van der Waals surface area contributed by atoms with Crippen LogP contribution in [-0.2, 0) is 4.74 Å². The zero-order chi connectivity index (χ0) is 14.3. The Kier molecular flexibility index (Phi) is 6.32. The highest BCUT2D eigenvalue weighted by Gasteiger charge is 2.05. The van der Waals surface area contributed by atoms with E-state index in [0.717, 1.165) is 12.1 Å². The van der Waals surface area contributed by atoms with Gasteiger partial charge in [0.05, 0.1) is 0 Å². The molecule has 0 fully saturated rings. The molecule has 1 rings (SSSR count). The van der Waals surface area contributed by atoms with Gasteiger partial charge in [-0.15, -0.1) is 0 Å². The molecule has 0 atom stereocenters. The Labute approximate surface area is 115 Å². The van der Waals surface area contributed by atoms with E-state index in [1.807, 2.05) is 0 Å². The number of rotatable bonds is 5. The summed E-state index contributed by atoms with van der Waals surface area (Å²) in [5.74, 6) is 6.07. The summed E-state index contributed by atoms with van der Waals surface area (Å²) in [6.07, 6.45) is 0.870. The quantitative estimate of drug-likeness (QED) is 0.250. The van der Waals surface area contributed by atoms with Crippen molar-refractivity contribution in [2.75, 3.05) is 25.6 Å². The van der Waals surface area contributed by atoms with Gasteiger partial charge in [0, 0.05) is 25.9 Å². The van der Waals surface area contributed by atoms with Crippen molar-refractivity contribution in [1.82, 2.24) is 5.43 Å². The van der Waals surface area contributed by atoms with E-state index in [1.54, 1.807) is 7.11 Å². The number of hydrogen-bond acceptors (Lipinski definition) is 3. The first-order chi connectivity index (χ1) is 9.08. The van der Waals surface area contributed by atoms with Crippen molar-refractivity contribution in [2.24, 2.45) is 10.8 Å². The molecule has 0 amide bonds. The highest BCUT2D eigenvalue weighted by molar-refractivity contribution is 5.94. The van der Waals surface area contributed by atoms with E-state index in [9.17, 15) is 0 Å². The minimum Gasteiger partial charge on any atom is -0.385 e. The zero-order valence-electron chi connectivity index (χ0n) is 12.2. The molecule has 5 nitrogen and oxygen atoms in total. The predicted molar refractivity (Wildman–Crippen MR) is 80.4 cm³/mol. The van der Waals surface area contributed by atoms with Gasteiger partial charge >= 0.3 is 0 Å². The molecule has 0 spiro atoms. The van der Waals surface area contributed by atoms with E-state index in [4.69, 9.17) is 10.6 Å². The highest BCUT2D eigenvalue weighted by atomic mass is 16.5. The number of nitrogens with two attached hydrogens (primary N) is 1. The summed E-state index contributed by atoms with van der Waals surface area (Å²) in [6, 6.07) is 4.27. The lowest BCUT2D eigenvalue weighted by atomic mass is 10.1. The molecule has 0 radical (unpaired) electrons. The van der Waals surface area contributed by atoms with Crippen LogP contribution in [0.25, 0.3) is 0 Å². The maximum absolute atomic E-state index is 5.49. The maximum atomic E-state index is 5.49. The average molecular weight is 264 g/mol. The SMILES string of the molecule is COCCCN=C(NN)Nc1c(C)cc(C)cc1C. The van der Waals surface area contributed by atoms with Gasteiger partial charge in [-0.05, 0) is 38.3 Å². The van der Waals surface area contributed by atoms with Gasteiger partial charge in [-0.3, -0.25) is 10.4 Å². The molecule has 0 aromatic heterocycles. The Morgan fingerprint density at radius 3 is 2.42 bits per heavy atom. The lowest BCUT2D eigenvalue weighted by Crippen LogP contribution is -2.36. The number of aliphatic imine (C=N–C) groups is 1. The van der Waals surface area contributed by atoms with Crippen molar-refractivity contribution in [3.63, 3.8) is 0 Å². The first-order valence-corrected chi connectivity index (χ1v) is 6.43. The zero-order valence-corrected chi connectivity index (χ0v) is 12.2. The number of nitrogens with zero attached hydrogens (tertiary/aromatic N) is 1. The summed E-state index contributed by atoms with van der Waals surface area (Å²) < 4.78 is 4.99. The second kappa shape index (κ2) is 7.76. The van der Waals surface area contributed by atoms with E-state index >= 15 is 0 Å². The summed E-state index contributed by atoms with van der Waals surface area (Å²) in [7, 11) is 1.68. The summed E-state index contributed by atoms with van der Waals surface area (Å²) in [4.78, 5) is 4.37. The normalized spacial score (nSPS) is 11.5. The van der Waals surface area contributed by atoms with E-state index < -0.39 is 0 Å². The fraction of sp³-hybridized carbons (Fsp3) is 0.500. The maximum Gasteiger partial charge on any atom is 0.210 e. The number of guanidine groups is 1. The van der Waals surface area contributed by atoms with Crippen LogP contribution in [-0.4, -0.2) is 26.2 Å². The van der Waals surface area contributed by atoms with Gasteiger partial charge in [-0.25, -0.2) is 5.84 Å². The van der Waals surface area contributed by atoms with Crippen LogP contribution in [0.1, 0.15) is 23.1 Å². The van der Waals surface area contributed by atoms with Crippen LogP contribution in [0, 0.1) is 20.8 Å². The first-order valence-electron chi connectivity index (χ1n) is 6.43. The topological polar surface area (TPSA) is 71.7 Å². The number of nitrogens with one attached hydrogen (secondary N) is 2. The van der Waals surface area contributed by atoms with Crippen LogP contribution in [0.15, 0.2) is 17.1 Å². The predicted octanol–water partition coefficient (Wildman–Crippen LogP) is 1.88. The largest absolute Gasteiger partial charge is 0.385 e. The second-order valence-electron chi connectivity index (χ2n) is 4.62. The van der Waals surface area contributed by atoms with Crippen LogP contribution in [0.3, 0.4) is 0 Å². The molecule has 0 bridgehead atoms. The number of methoxy groups -OCH3 is 1. The van der Waals surface area contributed by atoms with Crippen molar-refractivity contribution in [1.29, 1.82) is 0 Å². The summed E-state index contributed by atoms with van der Waals surface area (Å²) in [5, 5.41) is 3.24. The third-order valence-corrected chi connectivity index (χ3v) is 2.83. The molecule has 0 unspecified atom stereocenters. The number of aryl methyl sites for hydroxylation is 3. The lowest BCUT2D eigenvalue weighted by molar-refractivity contribution is 0.197. The van der Waals surface area contributed by atoms with E-state index in [-0.39, 0.29) is 0 Å². The van der Waals surface area contributed by atoms with Crippen molar-refractivity contribution in [2.45, 2.75) is 27.2 Å². The Bertz CT molecular complexity index is 420. The van der Waals surface area contributed by atoms with Crippen LogP contribution in [0.4, 0.5) is 5.69 Å². The molecule has 106 valence electrons. The average Bonchev–Trinajstić information content (AvgIpc) is 2.36. The molecule has 5 heteroatoms. The molecule has 0 aliphatic heterocycles. The number of benzene rings is 1. The molecule has 1 aromatic carbocycles. The molecule has 0 heterocycles. The van der Waals surface area contributed by atoms with Gasteiger partial charge in [0.2, 0.25) is 5.96 Å². The van der Waals surface area contributed by atoms with Gasteiger partial charge in [-0.2, -0.15) is 0 Å².